The van der Waals surface area contributed by atoms with Crippen molar-refractivity contribution in [1.82, 2.24) is 20.4 Å². The highest BCUT2D eigenvalue weighted by molar-refractivity contribution is 14.0. The Morgan fingerprint density at radius 2 is 1.85 bits per heavy atom. The maximum Gasteiger partial charge on any atom is 0.191 e. The van der Waals surface area contributed by atoms with Crippen LogP contribution in [0.1, 0.15) is 52.4 Å². The number of halogens is 1. The van der Waals surface area contributed by atoms with Gasteiger partial charge in [0, 0.05) is 32.2 Å². The first kappa shape index (κ1) is 24.9. The van der Waals surface area contributed by atoms with Crippen LogP contribution in [0, 0.1) is 0 Å². The van der Waals surface area contributed by atoms with Crippen molar-refractivity contribution in [3.05, 3.63) is 0 Å². The van der Waals surface area contributed by atoms with Gasteiger partial charge in [0.1, 0.15) is 0 Å². The van der Waals surface area contributed by atoms with E-state index in [1.807, 2.05) is 0 Å². The van der Waals surface area contributed by atoms with Crippen molar-refractivity contribution < 1.29 is 4.74 Å². The number of nitrogens with one attached hydrogen (secondary N) is 2. The van der Waals surface area contributed by atoms with Gasteiger partial charge in [0.15, 0.2) is 5.96 Å². The fourth-order valence-electron chi connectivity index (χ4n) is 3.79. The number of guanidine groups is 1. The predicted octanol–water partition coefficient (Wildman–Crippen LogP) is 2.54. The zero-order valence-electron chi connectivity index (χ0n) is 17.5. The van der Waals surface area contributed by atoms with Crippen LogP contribution in [-0.2, 0) is 4.74 Å². The van der Waals surface area contributed by atoms with E-state index in [9.17, 15) is 0 Å². The van der Waals surface area contributed by atoms with Crippen molar-refractivity contribution in [2.45, 2.75) is 58.4 Å². The lowest BCUT2D eigenvalue weighted by Crippen LogP contribution is -2.44. The third kappa shape index (κ3) is 10.3. The first-order valence-electron chi connectivity index (χ1n) is 10.9. The summed E-state index contributed by atoms with van der Waals surface area (Å²) in [5, 5.41) is 6.93. The Balaban J connectivity index is 0.00000364. The largest absolute Gasteiger partial charge is 0.379 e. The lowest BCUT2D eigenvalue weighted by atomic mass is 10.0. The Morgan fingerprint density at radius 3 is 2.59 bits per heavy atom. The highest BCUT2D eigenvalue weighted by Gasteiger charge is 2.21. The second-order valence-corrected chi connectivity index (χ2v) is 7.49. The Bertz CT molecular complexity index is 391. The van der Waals surface area contributed by atoms with Crippen LogP contribution in [-0.4, -0.2) is 87.4 Å². The van der Waals surface area contributed by atoms with Gasteiger partial charge in [0.25, 0.3) is 0 Å². The monoisotopic (exact) mass is 495 g/mol. The van der Waals surface area contributed by atoms with E-state index in [2.05, 4.69) is 34.3 Å². The molecule has 0 aromatic rings. The Kier molecular flexibility index (Phi) is 14.5. The van der Waals surface area contributed by atoms with Crippen LogP contribution in [0.25, 0.3) is 0 Å². The molecular formula is C20H42IN5O. The lowest BCUT2D eigenvalue weighted by Gasteiger charge is -2.35. The molecule has 27 heavy (non-hydrogen) atoms. The summed E-state index contributed by atoms with van der Waals surface area (Å²) < 4.78 is 5.41. The topological polar surface area (TPSA) is 52.1 Å². The number of unbranched alkanes of at least 4 members (excludes halogenated alkanes) is 1. The molecule has 7 heteroatoms. The fraction of sp³-hybridized carbons (Fsp3) is 0.950. The van der Waals surface area contributed by atoms with Crippen LogP contribution in [0.2, 0.25) is 0 Å². The smallest absolute Gasteiger partial charge is 0.191 e. The Labute approximate surface area is 183 Å². The van der Waals surface area contributed by atoms with Crippen LogP contribution in [0.4, 0.5) is 0 Å². The lowest BCUT2D eigenvalue weighted by molar-refractivity contribution is 0.0376. The van der Waals surface area contributed by atoms with Crippen molar-refractivity contribution in [3.63, 3.8) is 0 Å². The fourth-order valence-corrected chi connectivity index (χ4v) is 3.79. The standard InChI is InChI=1S/C20H41N5O.HI/c1-3-5-12-25-13-7-6-9-19(25)18-23-20(21-4-2)22-10-8-11-24-14-16-26-17-15-24;/h19H,3-18H2,1-2H3,(H2,21,22,23);1H. The number of likely N-dealkylation sites (tertiary alicyclic amines) is 1. The summed E-state index contributed by atoms with van der Waals surface area (Å²) in [4.78, 5) is 10.1. The highest BCUT2D eigenvalue weighted by atomic mass is 127. The molecule has 2 aliphatic rings. The molecule has 0 bridgehead atoms. The molecule has 0 amide bonds. The number of ether oxygens (including phenoxy) is 1. The zero-order valence-corrected chi connectivity index (χ0v) is 19.9. The molecule has 6 nitrogen and oxygen atoms in total. The van der Waals surface area contributed by atoms with Gasteiger partial charge in [-0.15, -0.1) is 24.0 Å². The molecule has 1 unspecified atom stereocenters. The first-order chi connectivity index (χ1) is 12.8. The maximum atomic E-state index is 5.41. The second kappa shape index (κ2) is 15.8. The number of nitrogens with zero attached hydrogens (tertiary/aromatic N) is 3. The number of piperidine rings is 1. The Hall–Kier alpha value is -0.120. The van der Waals surface area contributed by atoms with Crippen LogP contribution in [0.5, 0.6) is 0 Å². The van der Waals surface area contributed by atoms with E-state index in [1.165, 1.54) is 45.2 Å². The summed E-state index contributed by atoms with van der Waals surface area (Å²) >= 11 is 0. The molecule has 2 N–H and O–H groups in total. The van der Waals surface area contributed by atoms with Crippen LogP contribution < -0.4 is 10.6 Å². The first-order valence-corrected chi connectivity index (χ1v) is 10.9. The van der Waals surface area contributed by atoms with E-state index in [0.29, 0.717) is 6.04 Å². The van der Waals surface area contributed by atoms with Crippen LogP contribution in [0.3, 0.4) is 0 Å². The van der Waals surface area contributed by atoms with Gasteiger partial charge < -0.3 is 15.4 Å². The third-order valence-electron chi connectivity index (χ3n) is 5.40. The van der Waals surface area contributed by atoms with E-state index in [4.69, 9.17) is 9.73 Å². The zero-order chi connectivity index (χ0) is 18.5. The van der Waals surface area contributed by atoms with Gasteiger partial charge in [-0.05, 0) is 52.2 Å². The molecule has 0 spiro atoms. The molecule has 0 aromatic heterocycles. The molecule has 0 radical (unpaired) electrons. The Morgan fingerprint density at radius 1 is 1.04 bits per heavy atom. The minimum absolute atomic E-state index is 0. The number of aliphatic imine (C=N–C) groups is 1. The summed E-state index contributed by atoms with van der Waals surface area (Å²) in [7, 11) is 0. The number of hydrogen-bond acceptors (Lipinski definition) is 4. The van der Waals surface area contributed by atoms with E-state index in [0.717, 1.165) is 64.9 Å². The molecule has 0 aromatic carbocycles. The summed E-state index contributed by atoms with van der Waals surface area (Å²) in [6.45, 7) is 14.8. The molecule has 2 fully saturated rings. The van der Waals surface area contributed by atoms with Gasteiger partial charge in [-0.25, -0.2) is 0 Å². The minimum Gasteiger partial charge on any atom is -0.379 e. The van der Waals surface area contributed by atoms with Gasteiger partial charge in [-0.2, -0.15) is 0 Å². The average Bonchev–Trinajstić information content (AvgIpc) is 2.69. The van der Waals surface area contributed by atoms with Gasteiger partial charge in [0.2, 0.25) is 0 Å². The second-order valence-electron chi connectivity index (χ2n) is 7.49. The number of rotatable bonds is 10. The molecule has 2 heterocycles. The number of morpholine rings is 1. The normalized spacial score (nSPS) is 22.3. The summed E-state index contributed by atoms with van der Waals surface area (Å²) in [6, 6.07) is 0.624. The van der Waals surface area contributed by atoms with Crippen molar-refractivity contribution in [2.75, 3.05) is 65.6 Å². The van der Waals surface area contributed by atoms with Crippen LogP contribution >= 0.6 is 24.0 Å². The molecule has 0 aliphatic carbocycles. The van der Waals surface area contributed by atoms with Gasteiger partial charge >= 0.3 is 0 Å². The van der Waals surface area contributed by atoms with Crippen LogP contribution in [0.15, 0.2) is 4.99 Å². The molecule has 2 aliphatic heterocycles. The highest BCUT2D eigenvalue weighted by Crippen LogP contribution is 2.17. The third-order valence-corrected chi connectivity index (χ3v) is 5.40. The predicted molar refractivity (Wildman–Crippen MR) is 125 cm³/mol. The van der Waals surface area contributed by atoms with Gasteiger partial charge in [-0.3, -0.25) is 14.8 Å². The average molecular weight is 495 g/mol. The minimum atomic E-state index is 0. The molecule has 0 saturated carbocycles. The molecule has 2 rings (SSSR count). The van der Waals surface area contributed by atoms with Gasteiger partial charge in [-0.1, -0.05) is 19.8 Å². The molecule has 1 atom stereocenters. The molecular weight excluding hydrogens is 453 g/mol. The molecule has 2 saturated heterocycles. The quantitative estimate of drug-likeness (QED) is 0.211. The number of hydrogen-bond donors (Lipinski definition) is 2. The van der Waals surface area contributed by atoms with Crippen molar-refractivity contribution >= 4 is 29.9 Å². The van der Waals surface area contributed by atoms with Crippen molar-refractivity contribution in [1.29, 1.82) is 0 Å². The van der Waals surface area contributed by atoms with E-state index >= 15 is 0 Å². The van der Waals surface area contributed by atoms with Crippen molar-refractivity contribution in [2.24, 2.45) is 4.99 Å². The van der Waals surface area contributed by atoms with Crippen molar-refractivity contribution in [3.8, 4) is 0 Å². The summed E-state index contributed by atoms with van der Waals surface area (Å²) in [6.07, 6.45) is 7.73. The maximum absolute atomic E-state index is 5.41. The van der Waals surface area contributed by atoms with E-state index in [-0.39, 0.29) is 24.0 Å². The van der Waals surface area contributed by atoms with E-state index in [1.54, 1.807) is 0 Å². The SMILES string of the molecule is CCCCN1CCCCC1CN=C(NCC)NCCCN1CCOCC1.I. The van der Waals surface area contributed by atoms with Gasteiger partial charge in [0.05, 0.1) is 19.8 Å². The summed E-state index contributed by atoms with van der Waals surface area (Å²) in [5.41, 5.74) is 0. The molecule has 160 valence electrons. The van der Waals surface area contributed by atoms with E-state index < -0.39 is 0 Å². The summed E-state index contributed by atoms with van der Waals surface area (Å²) in [5.74, 6) is 0.982.